The van der Waals surface area contributed by atoms with Crippen LogP contribution < -0.4 is 0 Å². The zero-order chi connectivity index (χ0) is 11.3. The van der Waals surface area contributed by atoms with Crippen molar-refractivity contribution >= 4 is 5.97 Å². The van der Waals surface area contributed by atoms with Crippen molar-refractivity contribution in [2.75, 3.05) is 13.7 Å². The van der Waals surface area contributed by atoms with Crippen molar-refractivity contribution in [1.82, 2.24) is 4.90 Å². The van der Waals surface area contributed by atoms with E-state index in [1.165, 1.54) is 0 Å². The Labute approximate surface area is 88.8 Å². The normalized spacial score (nSPS) is 12.7. The van der Waals surface area contributed by atoms with Crippen molar-refractivity contribution in [3.63, 3.8) is 0 Å². The Balaban J connectivity index is 2.62. The van der Waals surface area contributed by atoms with Gasteiger partial charge in [-0.1, -0.05) is 30.3 Å². The Kier molecular flexibility index (Phi) is 4.27. The summed E-state index contributed by atoms with van der Waals surface area (Å²) in [7, 11) is 1.68. The monoisotopic (exact) mass is 209 g/mol. The second kappa shape index (κ2) is 5.48. The minimum absolute atomic E-state index is 0.376. The lowest BCUT2D eigenvalue weighted by Crippen LogP contribution is -2.40. The summed E-state index contributed by atoms with van der Waals surface area (Å²) in [4.78, 5) is 12.4. The molecule has 0 aliphatic rings. The molecule has 0 radical (unpaired) electrons. The number of rotatable bonds is 5. The molecule has 0 aliphatic carbocycles. The number of aliphatic carboxylic acids is 1. The number of hydrogen-bond acceptors (Lipinski definition) is 3. The summed E-state index contributed by atoms with van der Waals surface area (Å²) in [5.41, 5.74) is 1.03. The Morgan fingerprint density at radius 3 is 2.47 bits per heavy atom. The van der Waals surface area contributed by atoms with Crippen molar-refractivity contribution < 1.29 is 15.0 Å². The lowest BCUT2D eigenvalue weighted by molar-refractivity contribution is -0.144. The maximum atomic E-state index is 10.8. The van der Waals surface area contributed by atoms with E-state index < -0.39 is 12.0 Å². The molecule has 0 aliphatic heterocycles. The number of likely N-dealkylation sites (N-methyl/N-ethyl adjacent to an activating group) is 1. The predicted molar refractivity (Wildman–Crippen MR) is 56.4 cm³/mol. The van der Waals surface area contributed by atoms with Crippen LogP contribution in [0.25, 0.3) is 0 Å². The van der Waals surface area contributed by atoms with Crippen molar-refractivity contribution in [2.24, 2.45) is 0 Å². The molecule has 0 amide bonds. The van der Waals surface area contributed by atoms with E-state index in [1.54, 1.807) is 11.9 Å². The fourth-order valence-corrected chi connectivity index (χ4v) is 1.39. The average Bonchev–Trinajstić information content (AvgIpc) is 2.19. The quantitative estimate of drug-likeness (QED) is 0.744. The number of carbonyl (C=O) groups is 1. The summed E-state index contributed by atoms with van der Waals surface area (Å²) in [6.07, 6.45) is 0. The molecule has 82 valence electrons. The maximum absolute atomic E-state index is 10.8. The van der Waals surface area contributed by atoms with Gasteiger partial charge in [0.1, 0.15) is 6.04 Å². The Morgan fingerprint density at radius 2 is 2.00 bits per heavy atom. The first-order chi connectivity index (χ1) is 7.15. The molecule has 0 aromatic heterocycles. The van der Waals surface area contributed by atoms with Crippen LogP contribution in [0, 0.1) is 0 Å². The number of nitrogens with zero attached hydrogens (tertiary/aromatic N) is 1. The highest BCUT2D eigenvalue weighted by Gasteiger charge is 2.21. The molecule has 1 aromatic rings. The van der Waals surface area contributed by atoms with Gasteiger partial charge in [0.05, 0.1) is 6.61 Å². The summed E-state index contributed by atoms with van der Waals surface area (Å²) in [6.45, 7) is 0.136. The van der Waals surface area contributed by atoms with Crippen LogP contribution in [0.5, 0.6) is 0 Å². The highest BCUT2D eigenvalue weighted by atomic mass is 16.4. The van der Waals surface area contributed by atoms with Crippen molar-refractivity contribution in [3.8, 4) is 0 Å². The van der Waals surface area contributed by atoms with E-state index in [0.717, 1.165) is 5.56 Å². The summed E-state index contributed by atoms with van der Waals surface area (Å²) in [5.74, 6) is -1.00. The van der Waals surface area contributed by atoms with Crippen LogP contribution in [0.1, 0.15) is 5.56 Å². The standard InChI is InChI=1S/C11H15NO3/c1-12(10(8-13)11(14)15)7-9-5-3-2-4-6-9/h2-6,10,13H,7-8H2,1H3,(H,14,15)/t10-/m1/s1. The van der Waals surface area contributed by atoms with Gasteiger partial charge < -0.3 is 10.2 Å². The number of carboxylic acid groups (broad SMARTS) is 1. The number of carboxylic acids is 1. The maximum Gasteiger partial charge on any atom is 0.323 e. The Bertz CT molecular complexity index is 313. The van der Waals surface area contributed by atoms with Gasteiger partial charge >= 0.3 is 5.97 Å². The van der Waals surface area contributed by atoms with Gasteiger partial charge in [0.15, 0.2) is 0 Å². The molecule has 1 aromatic carbocycles. The second-order valence-electron chi connectivity index (χ2n) is 3.44. The lowest BCUT2D eigenvalue weighted by atomic mass is 10.2. The molecular formula is C11H15NO3. The molecule has 0 unspecified atom stereocenters. The first-order valence-corrected chi connectivity index (χ1v) is 4.73. The van der Waals surface area contributed by atoms with E-state index in [4.69, 9.17) is 10.2 Å². The van der Waals surface area contributed by atoms with Crippen molar-refractivity contribution in [1.29, 1.82) is 0 Å². The number of aliphatic hydroxyl groups is 1. The molecular weight excluding hydrogens is 194 g/mol. The molecule has 4 nitrogen and oxygen atoms in total. The van der Waals surface area contributed by atoms with Gasteiger partial charge in [-0.3, -0.25) is 9.69 Å². The van der Waals surface area contributed by atoms with Crippen LogP contribution in [0.4, 0.5) is 0 Å². The predicted octanol–water partition coefficient (Wildman–Crippen LogP) is 0.564. The summed E-state index contributed by atoms with van der Waals surface area (Å²) in [6, 6.07) is 8.71. The number of hydrogen-bond donors (Lipinski definition) is 2. The van der Waals surface area contributed by atoms with Gasteiger partial charge in [0.25, 0.3) is 0 Å². The molecule has 15 heavy (non-hydrogen) atoms. The minimum atomic E-state index is -1.00. The fraction of sp³-hybridized carbons (Fsp3) is 0.364. The van der Waals surface area contributed by atoms with Gasteiger partial charge in [0, 0.05) is 6.54 Å². The van der Waals surface area contributed by atoms with Gasteiger partial charge in [-0.25, -0.2) is 0 Å². The summed E-state index contributed by atoms with van der Waals surface area (Å²) in [5, 5.41) is 17.7. The number of aliphatic hydroxyl groups excluding tert-OH is 1. The van der Waals surface area contributed by atoms with Crippen molar-refractivity contribution in [2.45, 2.75) is 12.6 Å². The molecule has 1 atom stereocenters. The Hall–Kier alpha value is -1.39. The topological polar surface area (TPSA) is 60.8 Å². The van der Waals surface area contributed by atoms with Crippen LogP contribution in [-0.4, -0.2) is 40.8 Å². The highest BCUT2D eigenvalue weighted by Crippen LogP contribution is 2.05. The first-order valence-electron chi connectivity index (χ1n) is 4.73. The van der Waals surface area contributed by atoms with E-state index in [-0.39, 0.29) is 6.61 Å². The van der Waals surface area contributed by atoms with E-state index in [0.29, 0.717) is 6.54 Å². The van der Waals surface area contributed by atoms with E-state index >= 15 is 0 Å². The molecule has 0 spiro atoms. The van der Waals surface area contributed by atoms with Gasteiger partial charge in [-0.15, -0.1) is 0 Å². The van der Waals surface area contributed by atoms with Gasteiger partial charge in [-0.2, -0.15) is 0 Å². The number of benzene rings is 1. The molecule has 0 fully saturated rings. The molecule has 0 saturated carbocycles. The van der Waals surface area contributed by atoms with Crippen molar-refractivity contribution in [3.05, 3.63) is 35.9 Å². The molecule has 0 heterocycles. The van der Waals surface area contributed by atoms with Crippen LogP contribution in [0.2, 0.25) is 0 Å². The van der Waals surface area contributed by atoms with Crippen LogP contribution in [0.15, 0.2) is 30.3 Å². The fourth-order valence-electron chi connectivity index (χ4n) is 1.39. The van der Waals surface area contributed by atoms with E-state index in [2.05, 4.69) is 0 Å². The average molecular weight is 209 g/mol. The first kappa shape index (κ1) is 11.7. The molecule has 1 rings (SSSR count). The minimum Gasteiger partial charge on any atom is -0.480 e. The summed E-state index contributed by atoms with van der Waals surface area (Å²) >= 11 is 0. The summed E-state index contributed by atoms with van der Waals surface area (Å²) < 4.78 is 0. The van der Waals surface area contributed by atoms with Crippen LogP contribution in [-0.2, 0) is 11.3 Å². The molecule has 0 saturated heterocycles. The van der Waals surface area contributed by atoms with E-state index in [9.17, 15) is 4.79 Å². The highest BCUT2D eigenvalue weighted by molar-refractivity contribution is 5.73. The third kappa shape index (κ3) is 3.34. The zero-order valence-corrected chi connectivity index (χ0v) is 8.63. The smallest absolute Gasteiger partial charge is 0.323 e. The molecule has 0 bridgehead atoms. The van der Waals surface area contributed by atoms with E-state index in [1.807, 2.05) is 30.3 Å². The molecule has 4 heteroatoms. The Morgan fingerprint density at radius 1 is 1.40 bits per heavy atom. The van der Waals surface area contributed by atoms with Crippen LogP contribution >= 0.6 is 0 Å². The second-order valence-corrected chi connectivity index (χ2v) is 3.44. The largest absolute Gasteiger partial charge is 0.480 e. The van der Waals surface area contributed by atoms with Crippen LogP contribution in [0.3, 0.4) is 0 Å². The SMILES string of the molecule is CN(Cc1ccccc1)[C@H](CO)C(=O)O. The third-order valence-corrected chi connectivity index (χ3v) is 2.26. The van der Waals surface area contributed by atoms with Gasteiger partial charge in [0.2, 0.25) is 0 Å². The molecule has 2 N–H and O–H groups in total. The zero-order valence-electron chi connectivity index (χ0n) is 8.63. The third-order valence-electron chi connectivity index (χ3n) is 2.26. The van der Waals surface area contributed by atoms with Gasteiger partial charge in [-0.05, 0) is 12.6 Å². The lowest BCUT2D eigenvalue weighted by Gasteiger charge is -2.22.